The van der Waals surface area contributed by atoms with E-state index < -0.39 is 0 Å². The largest absolute Gasteiger partial charge is 0.371 e. The van der Waals surface area contributed by atoms with Gasteiger partial charge in [0.1, 0.15) is 0 Å². The van der Waals surface area contributed by atoms with E-state index in [-0.39, 0.29) is 18.0 Å². The predicted octanol–water partition coefficient (Wildman–Crippen LogP) is 6.04. The molecule has 3 aromatic carbocycles. The summed E-state index contributed by atoms with van der Waals surface area (Å²) in [6, 6.07) is 20.8. The molecule has 1 saturated heterocycles. The van der Waals surface area contributed by atoms with Gasteiger partial charge in [0.05, 0.1) is 11.6 Å². The number of amides is 3. The molecule has 0 spiro atoms. The van der Waals surface area contributed by atoms with Gasteiger partial charge < -0.3 is 20.9 Å². The SMILES string of the molecule is Cc1ccc(NC(=O)Nc2ccc(N3CCCC3)c(C(=O)NC(C)c3ccccc3)c2)c(C)c1. The molecular weight excluding hydrogens is 424 g/mol. The van der Waals surface area contributed by atoms with E-state index >= 15 is 0 Å². The maximum absolute atomic E-state index is 13.3. The average Bonchev–Trinajstić information content (AvgIpc) is 3.36. The third-order valence-corrected chi connectivity index (χ3v) is 6.22. The van der Waals surface area contributed by atoms with E-state index in [1.54, 1.807) is 6.07 Å². The normalized spacial score (nSPS) is 13.9. The molecule has 0 aliphatic carbocycles. The van der Waals surface area contributed by atoms with Crippen LogP contribution >= 0.6 is 0 Å². The number of anilines is 3. The summed E-state index contributed by atoms with van der Waals surface area (Å²) < 4.78 is 0. The molecule has 3 amide bonds. The van der Waals surface area contributed by atoms with Crippen LogP contribution in [0.15, 0.2) is 66.7 Å². The molecule has 1 atom stereocenters. The van der Waals surface area contributed by atoms with E-state index in [1.807, 2.05) is 81.4 Å². The lowest BCUT2D eigenvalue weighted by Crippen LogP contribution is -2.30. The summed E-state index contributed by atoms with van der Waals surface area (Å²) in [5.41, 5.74) is 5.97. The van der Waals surface area contributed by atoms with Gasteiger partial charge in [-0.1, -0.05) is 48.0 Å². The summed E-state index contributed by atoms with van der Waals surface area (Å²) in [6.07, 6.45) is 2.22. The first-order chi connectivity index (χ1) is 16.4. The fraction of sp³-hybridized carbons (Fsp3) is 0.286. The molecule has 1 aliphatic heterocycles. The smallest absolute Gasteiger partial charge is 0.323 e. The van der Waals surface area contributed by atoms with Crippen LogP contribution in [0.5, 0.6) is 0 Å². The Morgan fingerprint density at radius 1 is 0.882 bits per heavy atom. The van der Waals surface area contributed by atoms with Crippen molar-refractivity contribution in [1.29, 1.82) is 0 Å². The van der Waals surface area contributed by atoms with Crippen molar-refractivity contribution in [2.45, 2.75) is 39.7 Å². The van der Waals surface area contributed by atoms with Gasteiger partial charge in [-0.3, -0.25) is 4.79 Å². The Labute approximate surface area is 201 Å². The Balaban J connectivity index is 1.54. The minimum atomic E-state index is -0.343. The third kappa shape index (κ3) is 5.57. The first kappa shape index (κ1) is 23.4. The summed E-state index contributed by atoms with van der Waals surface area (Å²) >= 11 is 0. The molecule has 1 aliphatic rings. The number of carbonyl (C=O) groups excluding carboxylic acids is 2. The highest BCUT2D eigenvalue weighted by atomic mass is 16.2. The molecule has 1 fully saturated rings. The van der Waals surface area contributed by atoms with Crippen molar-refractivity contribution in [2.24, 2.45) is 0 Å². The van der Waals surface area contributed by atoms with Gasteiger partial charge in [-0.15, -0.1) is 0 Å². The van der Waals surface area contributed by atoms with E-state index in [0.717, 1.165) is 54.0 Å². The predicted molar refractivity (Wildman–Crippen MR) is 139 cm³/mol. The van der Waals surface area contributed by atoms with Crippen LogP contribution in [0.4, 0.5) is 21.9 Å². The number of benzene rings is 3. The molecule has 6 heteroatoms. The Hall–Kier alpha value is -3.80. The van der Waals surface area contributed by atoms with Gasteiger partial charge in [0, 0.05) is 30.2 Å². The molecule has 1 heterocycles. The highest BCUT2D eigenvalue weighted by Crippen LogP contribution is 2.28. The van der Waals surface area contributed by atoms with Crippen molar-refractivity contribution in [3.8, 4) is 0 Å². The number of hydrogen-bond donors (Lipinski definition) is 3. The van der Waals surface area contributed by atoms with Crippen molar-refractivity contribution >= 4 is 29.0 Å². The quantitative estimate of drug-likeness (QED) is 0.423. The lowest BCUT2D eigenvalue weighted by molar-refractivity contribution is 0.0940. The second-order valence-corrected chi connectivity index (χ2v) is 8.93. The zero-order valence-electron chi connectivity index (χ0n) is 20.0. The van der Waals surface area contributed by atoms with Crippen molar-refractivity contribution in [3.05, 3.63) is 89.0 Å². The molecule has 3 N–H and O–H groups in total. The number of hydrogen-bond acceptors (Lipinski definition) is 3. The lowest BCUT2D eigenvalue weighted by atomic mass is 10.1. The van der Waals surface area contributed by atoms with E-state index in [0.29, 0.717) is 11.3 Å². The number of rotatable bonds is 6. The molecule has 0 radical (unpaired) electrons. The van der Waals surface area contributed by atoms with Crippen LogP contribution in [0.3, 0.4) is 0 Å². The Bertz CT molecular complexity index is 1170. The molecule has 34 heavy (non-hydrogen) atoms. The van der Waals surface area contributed by atoms with Gasteiger partial charge >= 0.3 is 6.03 Å². The zero-order chi connectivity index (χ0) is 24.1. The van der Waals surface area contributed by atoms with Crippen LogP contribution in [0.1, 0.15) is 52.9 Å². The van der Waals surface area contributed by atoms with Gasteiger partial charge in [-0.05, 0) is 69.0 Å². The summed E-state index contributed by atoms with van der Waals surface area (Å²) in [4.78, 5) is 28.3. The second-order valence-electron chi connectivity index (χ2n) is 8.93. The highest BCUT2D eigenvalue weighted by molar-refractivity contribution is 6.04. The standard InChI is InChI=1S/C28H32N4O2/c1-19-11-13-25(20(2)17-19)31-28(34)30-23-12-14-26(32-15-7-8-16-32)24(18-23)27(33)29-21(3)22-9-5-4-6-10-22/h4-6,9-14,17-18,21H,7-8,15-16H2,1-3H3,(H,29,33)(H2,30,31,34). The fourth-order valence-corrected chi connectivity index (χ4v) is 4.37. The number of nitrogens with zero attached hydrogens (tertiary/aromatic N) is 1. The number of aryl methyl sites for hydroxylation is 2. The molecule has 176 valence electrons. The van der Waals surface area contributed by atoms with Crippen molar-refractivity contribution < 1.29 is 9.59 Å². The lowest BCUT2D eigenvalue weighted by Gasteiger charge is -2.23. The van der Waals surface area contributed by atoms with Crippen molar-refractivity contribution in [2.75, 3.05) is 28.6 Å². The summed E-state index contributed by atoms with van der Waals surface area (Å²) in [6.45, 7) is 7.80. The maximum Gasteiger partial charge on any atom is 0.323 e. The monoisotopic (exact) mass is 456 g/mol. The molecule has 6 nitrogen and oxygen atoms in total. The molecule has 0 aromatic heterocycles. The minimum Gasteiger partial charge on any atom is -0.371 e. The average molecular weight is 457 g/mol. The van der Waals surface area contributed by atoms with Crippen LogP contribution in [0.2, 0.25) is 0 Å². The zero-order valence-corrected chi connectivity index (χ0v) is 20.0. The van der Waals surface area contributed by atoms with Crippen LogP contribution in [0, 0.1) is 13.8 Å². The Kier molecular flexibility index (Phi) is 7.16. The van der Waals surface area contributed by atoms with E-state index in [1.165, 1.54) is 0 Å². The number of carbonyl (C=O) groups is 2. The number of urea groups is 1. The van der Waals surface area contributed by atoms with Crippen LogP contribution in [-0.4, -0.2) is 25.0 Å². The Morgan fingerprint density at radius 2 is 1.62 bits per heavy atom. The summed E-state index contributed by atoms with van der Waals surface area (Å²) in [5, 5.41) is 8.89. The van der Waals surface area contributed by atoms with Gasteiger partial charge in [0.25, 0.3) is 5.91 Å². The van der Waals surface area contributed by atoms with Gasteiger partial charge in [0.2, 0.25) is 0 Å². The highest BCUT2D eigenvalue weighted by Gasteiger charge is 2.22. The molecule has 1 unspecified atom stereocenters. The molecule has 4 rings (SSSR count). The first-order valence-corrected chi connectivity index (χ1v) is 11.8. The van der Waals surface area contributed by atoms with E-state index in [9.17, 15) is 9.59 Å². The topological polar surface area (TPSA) is 73.5 Å². The van der Waals surface area contributed by atoms with Crippen molar-refractivity contribution in [1.82, 2.24) is 5.32 Å². The van der Waals surface area contributed by atoms with E-state index in [2.05, 4.69) is 20.9 Å². The number of nitrogens with one attached hydrogen (secondary N) is 3. The summed E-state index contributed by atoms with van der Waals surface area (Å²) in [5.74, 6) is -0.156. The van der Waals surface area contributed by atoms with Crippen molar-refractivity contribution in [3.63, 3.8) is 0 Å². The van der Waals surface area contributed by atoms with Crippen LogP contribution < -0.4 is 20.9 Å². The maximum atomic E-state index is 13.3. The van der Waals surface area contributed by atoms with Crippen LogP contribution in [0.25, 0.3) is 0 Å². The second kappa shape index (κ2) is 10.4. The van der Waals surface area contributed by atoms with Gasteiger partial charge in [-0.25, -0.2) is 4.79 Å². The Morgan fingerprint density at radius 3 is 2.32 bits per heavy atom. The van der Waals surface area contributed by atoms with E-state index in [4.69, 9.17) is 0 Å². The molecule has 3 aromatic rings. The molecular formula is C28H32N4O2. The molecule has 0 saturated carbocycles. The van der Waals surface area contributed by atoms with Gasteiger partial charge in [0.15, 0.2) is 0 Å². The fourth-order valence-electron chi connectivity index (χ4n) is 4.37. The third-order valence-electron chi connectivity index (χ3n) is 6.22. The minimum absolute atomic E-state index is 0.135. The first-order valence-electron chi connectivity index (χ1n) is 11.8. The van der Waals surface area contributed by atoms with Gasteiger partial charge in [-0.2, -0.15) is 0 Å². The summed E-state index contributed by atoms with van der Waals surface area (Å²) in [7, 11) is 0. The molecule has 0 bridgehead atoms. The van der Waals surface area contributed by atoms with Crippen LogP contribution in [-0.2, 0) is 0 Å².